The molecule has 216 valence electrons. The van der Waals surface area contributed by atoms with Gasteiger partial charge >= 0.3 is 29.9 Å². The van der Waals surface area contributed by atoms with E-state index in [1.165, 1.54) is 12.1 Å². The van der Waals surface area contributed by atoms with Gasteiger partial charge in [0.2, 0.25) is 0 Å². The van der Waals surface area contributed by atoms with Gasteiger partial charge in [-0.05, 0) is 67.8 Å². The first-order valence-electron chi connectivity index (χ1n) is 11.3. The summed E-state index contributed by atoms with van der Waals surface area (Å²) in [6.07, 6.45) is -6.18. The summed E-state index contributed by atoms with van der Waals surface area (Å²) in [5.74, 6) is -20.2. The normalized spacial score (nSPS) is 13.1. The van der Waals surface area contributed by atoms with Crippen molar-refractivity contribution in [3.8, 4) is 5.75 Å². The van der Waals surface area contributed by atoms with E-state index in [9.17, 15) is 44.3 Å². The van der Waals surface area contributed by atoms with Crippen LogP contribution in [0, 0.1) is 0 Å². The predicted molar refractivity (Wildman–Crippen MR) is 126 cm³/mol. The van der Waals surface area contributed by atoms with Gasteiger partial charge in [-0.15, -0.1) is 0 Å². The third-order valence-corrected chi connectivity index (χ3v) is 5.69. The highest BCUT2D eigenvalue weighted by atomic mass is 79.9. The third-order valence-electron chi connectivity index (χ3n) is 5.13. The molecule has 2 aromatic carbocycles. The highest BCUT2D eigenvalue weighted by Crippen LogP contribution is 2.54. The minimum absolute atomic E-state index is 0.248. The monoisotopic (exact) mass is 636 g/mol. The van der Waals surface area contributed by atoms with E-state index in [1.54, 1.807) is 24.3 Å². The Bertz CT molecular complexity index is 1090. The number of carbonyl (C=O) groups excluding carboxylic acids is 1. The van der Waals surface area contributed by atoms with E-state index < -0.39 is 42.9 Å². The van der Waals surface area contributed by atoms with Crippen molar-refractivity contribution in [1.29, 1.82) is 0 Å². The molecule has 39 heavy (non-hydrogen) atoms. The van der Waals surface area contributed by atoms with Gasteiger partial charge in [-0.1, -0.05) is 15.9 Å². The van der Waals surface area contributed by atoms with Crippen molar-refractivity contribution in [2.24, 2.45) is 10.2 Å². The van der Waals surface area contributed by atoms with Crippen LogP contribution in [0.15, 0.2) is 58.8 Å². The van der Waals surface area contributed by atoms with Crippen LogP contribution in [0.1, 0.15) is 36.0 Å². The molecule has 0 atom stereocenters. The van der Waals surface area contributed by atoms with E-state index in [0.29, 0.717) is 18.0 Å². The second-order valence-corrected chi connectivity index (χ2v) is 8.87. The van der Waals surface area contributed by atoms with Gasteiger partial charge in [-0.2, -0.15) is 49.7 Å². The number of carbonyl (C=O) groups is 1. The van der Waals surface area contributed by atoms with Crippen molar-refractivity contribution in [3.63, 3.8) is 0 Å². The molecular weight excluding hydrogens is 615 g/mol. The predicted octanol–water partition coefficient (Wildman–Crippen LogP) is 9.06. The molecule has 0 N–H and O–H groups in total. The van der Waals surface area contributed by atoms with E-state index in [1.807, 2.05) is 0 Å². The summed E-state index contributed by atoms with van der Waals surface area (Å²) in [7, 11) is 0. The molecule has 0 aromatic heterocycles. The maximum absolute atomic E-state index is 13.5. The van der Waals surface area contributed by atoms with Crippen LogP contribution in [0.5, 0.6) is 5.75 Å². The maximum Gasteiger partial charge on any atom is 0.460 e. The second kappa shape index (κ2) is 13.5. The molecule has 0 aliphatic carbocycles. The SMILES string of the molecule is O=C(OCCC(F)(F)C(F)(F)C(F)(F)C(F)(F)F)c1ccc(N=Nc2ccc(OCCCCCBr)cc2)cc1. The molecule has 0 heterocycles. The smallest absolute Gasteiger partial charge is 0.460 e. The first-order valence-corrected chi connectivity index (χ1v) is 12.4. The zero-order chi connectivity index (χ0) is 29.3. The molecule has 0 bridgehead atoms. The number of esters is 1. The summed E-state index contributed by atoms with van der Waals surface area (Å²) in [6.45, 7) is -0.973. The van der Waals surface area contributed by atoms with E-state index in [4.69, 9.17) is 4.74 Å². The van der Waals surface area contributed by atoms with Crippen molar-refractivity contribution in [2.45, 2.75) is 49.6 Å². The number of unbranched alkanes of at least 4 members (excludes halogenated alkanes) is 2. The van der Waals surface area contributed by atoms with Gasteiger partial charge in [-0.3, -0.25) is 0 Å². The Labute approximate surface area is 225 Å². The Morgan fingerprint density at radius 3 is 1.77 bits per heavy atom. The molecular formula is C24H22BrF9N2O3. The molecule has 0 radical (unpaired) electrons. The van der Waals surface area contributed by atoms with Crippen LogP contribution in [0.25, 0.3) is 0 Å². The summed E-state index contributed by atoms with van der Waals surface area (Å²) in [4.78, 5) is 11.9. The highest BCUT2D eigenvalue weighted by Gasteiger charge is 2.81. The average Bonchev–Trinajstić information content (AvgIpc) is 2.87. The quantitative estimate of drug-likeness (QED) is 0.0683. The molecule has 2 aromatic rings. The van der Waals surface area contributed by atoms with E-state index in [-0.39, 0.29) is 11.3 Å². The van der Waals surface area contributed by atoms with E-state index in [2.05, 4.69) is 30.9 Å². The Kier molecular flexibility index (Phi) is 11.2. The summed E-state index contributed by atoms with van der Waals surface area (Å²) >= 11 is 3.36. The number of halogens is 10. The third kappa shape index (κ3) is 8.57. The number of benzene rings is 2. The molecule has 0 aliphatic rings. The zero-order valence-electron chi connectivity index (χ0n) is 20.0. The van der Waals surface area contributed by atoms with Crippen LogP contribution in [0.3, 0.4) is 0 Å². The molecule has 2 rings (SSSR count). The number of azo groups is 1. The van der Waals surface area contributed by atoms with Crippen LogP contribution >= 0.6 is 15.9 Å². The van der Waals surface area contributed by atoms with Gasteiger partial charge in [0.25, 0.3) is 0 Å². The number of rotatable bonds is 14. The Balaban J connectivity index is 1.88. The van der Waals surface area contributed by atoms with Gasteiger partial charge in [0.15, 0.2) is 0 Å². The number of hydrogen-bond acceptors (Lipinski definition) is 5. The Morgan fingerprint density at radius 1 is 0.718 bits per heavy atom. The lowest BCUT2D eigenvalue weighted by molar-refractivity contribution is -0.397. The van der Waals surface area contributed by atoms with Crippen LogP contribution < -0.4 is 4.74 Å². The lowest BCUT2D eigenvalue weighted by Gasteiger charge is -2.33. The van der Waals surface area contributed by atoms with Crippen molar-refractivity contribution in [3.05, 3.63) is 54.1 Å². The number of nitrogens with zero attached hydrogens (tertiary/aromatic N) is 2. The summed E-state index contributed by atoms with van der Waals surface area (Å²) in [6, 6.07) is 11.6. The fourth-order valence-corrected chi connectivity index (χ4v) is 3.27. The fourth-order valence-electron chi connectivity index (χ4n) is 2.87. The lowest BCUT2D eigenvalue weighted by Crippen LogP contribution is -2.61. The first-order chi connectivity index (χ1) is 18.1. The minimum Gasteiger partial charge on any atom is -0.494 e. The summed E-state index contributed by atoms with van der Waals surface area (Å²) < 4.78 is 126. The van der Waals surface area contributed by atoms with Crippen molar-refractivity contribution in [1.82, 2.24) is 0 Å². The molecule has 0 fully saturated rings. The molecule has 0 saturated heterocycles. The van der Waals surface area contributed by atoms with Crippen molar-refractivity contribution >= 4 is 33.3 Å². The lowest BCUT2D eigenvalue weighted by atomic mass is 10.0. The molecule has 0 amide bonds. The van der Waals surface area contributed by atoms with Gasteiger partial charge in [0, 0.05) is 5.33 Å². The number of hydrogen-bond donors (Lipinski definition) is 0. The zero-order valence-corrected chi connectivity index (χ0v) is 21.6. The molecule has 0 saturated carbocycles. The topological polar surface area (TPSA) is 60.2 Å². The van der Waals surface area contributed by atoms with Crippen molar-refractivity contribution < 1.29 is 53.8 Å². The van der Waals surface area contributed by atoms with Gasteiger partial charge < -0.3 is 9.47 Å². The average molecular weight is 637 g/mol. The number of alkyl halides is 10. The maximum atomic E-state index is 13.5. The first kappa shape index (κ1) is 32.4. The van der Waals surface area contributed by atoms with Crippen LogP contribution in [0.4, 0.5) is 50.9 Å². The molecule has 15 heteroatoms. The van der Waals surface area contributed by atoms with E-state index >= 15 is 0 Å². The van der Waals surface area contributed by atoms with Crippen LogP contribution in [-0.2, 0) is 4.74 Å². The van der Waals surface area contributed by atoms with Crippen LogP contribution in [-0.4, -0.2) is 48.5 Å². The van der Waals surface area contributed by atoms with E-state index in [0.717, 1.165) is 36.7 Å². The molecule has 0 aliphatic heterocycles. The largest absolute Gasteiger partial charge is 0.494 e. The van der Waals surface area contributed by atoms with Crippen molar-refractivity contribution in [2.75, 3.05) is 18.5 Å². The molecule has 5 nitrogen and oxygen atoms in total. The number of ether oxygens (including phenoxy) is 2. The minimum atomic E-state index is -7.00. The van der Waals surface area contributed by atoms with Gasteiger partial charge in [0.1, 0.15) is 5.75 Å². The second-order valence-electron chi connectivity index (χ2n) is 8.08. The fraction of sp³-hybridized carbons (Fsp3) is 0.458. The molecule has 0 unspecified atom stereocenters. The summed E-state index contributed by atoms with van der Waals surface area (Å²) in [5.41, 5.74) is 0.500. The highest BCUT2D eigenvalue weighted by molar-refractivity contribution is 9.09. The standard InChI is InChI=1S/C24H22BrF9N2O3/c25-13-2-1-3-14-38-19-10-8-18(9-11-19)36-35-17-6-4-16(5-7-17)20(37)39-15-12-21(26,27)22(28,29)23(30,31)24(32,33)34/h4-11H,1-3,12-15H2. The summed E-state index contributed by atoms with van der Waals surface area (Å²) in [5, 5.41) is 8.89. The Morgan fingerprint density at radius 2 is 1.26 bits per heavy atom. The van der Waals surface area contributed by atoms with Crippen LogP contribution in [0.2, 0.25) is 0 Å². The van der Waals surface area contributed by atoms with Gasteiger partial charge in [0.05, 0.1) is 36.6 Å². The van der Waals surface area contributed by atoms with Gasteiger partial charge in [-0.25, -0.2) is 4.79 Å². The Hall–Kier alpha value is -2.84. The molecule has 0 spiro atoms.